The Labute approximate surface area is 181 Å². The third kappa shape index (κ3) is 5.36. The molecule has 31 heavy (non-hydrogen) atoms. The first kappa shape index (κ1) is 21.8. The lowest BCUT2D eigenvalue weighted by atomic mass is 10.1. The zero-order chi connectivity index (χ0) is 22.4. The van der Waals surface area contributed by atoms with E-state index in [2.05, 4.69) is 5.32 Å². The Hall–Kier alpha value is -3.93. The van der Waals surface area contributed by atoms with Gasteiger partial charge in [-0.25, -0.2) is 4.79 Å². The smallest absolute Gasteiger partial charge is 0.339 e. The van der Waals surface area contributed by atoms with Crippen molar-refractivity contribution in [2.45, 2.75) is 20.0 Å². The molecular weight excluding hydrogens is 392 g/mol. The molecule has 0 spiro atoms. The average Bonchev–Trinajstić information content (AvgIpc) is 2.80. The lowest BCUT2D eigenvalue weighted by molar-refractivity contribution is -0.123. The van der Waals surface area contributed by atoms with Gasteiger partial charge in [-0.1, -0.05) is 48.0 Å². The number of rotatable bonds is 6. The Morgan fingerprint density at radius 2 is 1.42 bits per heavy atom. The molecule has 0 radical (unpaired) electrons. The van der Waals surface area contributed by atoms with E-state index in [-0.39, 0.29) is 17.0 Å². The van der Waals surface area contributed by atoms with Crippen LogP contribution in [0, 0.1) is 6.92 Å². The molecule has 0 fully saturated rings. The molecule has 0 aliphatic carbocycles. The van der Waals surface area contributed by atoms with Gasteiger partial charge >= 0.3 is 5.97 Å². The largest absolute Gasteiger partial charge is 0.449 e. The van der Waals surface area contributed by atoms with Crippen molar-refractivity contribution in [1.29, 1.82) is 0 Å². The zero-order valence-corrected chi connectivity index (χ0v) is 17.7. The van der Waals surface area contributed by atoms with E-state index in [9.17, 15) is 14.4 Å². The summed E-state index contributed by atoms with van der Waals surface area (Å²) in [6, 6.07) is 22.8. The molecule has 0 aliphatic rings. The summed E-state index contributed by atoms with van der Waals surface area (Å²) in [5.74, 6) is -1.55. The molecule has 0 saturated carbocycles. The monoisotopic (exact) mass is 416 g/mol. The number of ether oxygens (including phenoxy) is 1. The molecule has 0 unspecified atom stereocenters. The molecule has 3 aromatic carbocycles. The lowest BCUT2D eigenvalue weighted by Crippen LogP contribution is -2.32. The third-order valence-electron chi connectivity index (χ3n) is 4.80. The van der Waals surface area contributed by atoms with Gasteiger partial charge in [-0.2, -0.15) is 0 Å². The Balaban J connectivity index is 1.72. The van der Waals surface area contributed by atoms with E-state index in [1.807, 2.05) is 37.3 Å². The summed E-state index contributed by atoms with van der Waals surface area (Å²) in [4.78, 5) is 39.6. The quantitative estimate of drug-likeness (QED) is 0.602. The number of nitrogens with zero attached hydrogens (tertiary/aromatic N) is 1. The fourth-order valence-corrected chi connectivity index (χ4v) is 2.96. The van der Waals surface area contributed by atoms with E-state index < -0.39 is 18.0 Å². The predicted molar refractivity (Wildman–Crippen MR) is 120 cm³/mol. The molecule has 6 nitrogen and oxygen atoms in total. The van der Waals surface area contributed by atoms with Crippen LogP contribution in [0.15, 0.2) is 78.9 Å². The number of esters is 1. The van der Waals surface area contributed by atoms with Crippen molar-refractivity contribution in [1.82, 2.24) is 0 Å². The minimum atomic E-state index is -1.04. The van der Waals surface area contributed by atoms with E-state index in [0.717, 1.165) is 5.56 Å². The van der Waals surface area contributed by atoms with Gasteiger partial charge in [-0.05, 0) is 50.2 Å². The number of hydrogen-bond donors (Lipinski definition) is 1. The first-order valence-corrected chi connectivity index (χ1v) is 9.87. The Kier molecular flexibility index (Phi) is 6.82. The van der Waals surface area contributed by atoms with E-state index >= 15 is 0 Å². The number of carbonyl (C=O) groups is 3. The van der Waals surface area contributed by atoms with Gasteiger partial charge in [0.1, 0.15) is 0 Å². The van der Waals surface area contributed by atoms with Crippen LogP contribution >= 0.6 is 0 Å². The molecule has 0 aromatic heterocycles. The number of anilines is 2. The summed E-state index contributed by atoms with van der Waals surface area (Å²) < 4.78 is 5.35. The molecule has 0 aliphatic heterocycles. The second-order valence-corrected chi connectivity index (χ2v) is 7.15. The summed E-state index contributed by atoms with van der Waals surface area (Å²) in [6.07, 6.45) is -1.04. The molecule has 0 bridgehead atoms. The maximum atomic E-state index is 13.0. The van der Waals surface area contributed by atoms with Crippen LogP contribution in [0.1, 0.15) is 33.2 Å². The minimum Gasteiger partial charge on any atom is -0.449 e. The molecule has 1 N–H and O–H groups in total. The summed E-state index contributed by atoms with van der Waals surface area (Å²) in [6.45, 7) is 3.44. The highest BCUT2D eigenvalue weighted by Crippen LogP contribution is 2.19. The van der Waals surface area contributed by atoms with Crippen molar-refractivity contribution in [2.24, 2.45) is 0 Å². The summed E-state index contributed by atoms with van der Waals surface area (Å²) >= 11 is 0. The number of benzene rings is 3. The van der Waals surface area contributed by atoms with Gasteiger partial charge in [0.15, 0.2) is 6.10 Å². The number of aryl methyl sites for hydroxylation is 1. The van der Waals surface area contributed by atoms with Crippen molar-refractivity contribution >= 4 is 29.2 Å². The second-order valence-electron chi connectivity index (χ2n) is 7.15. The lowest BCUT2D eigenvalue weighted by Gasteiger charge is -2.19. The van der Waals surface area contributed by atoms with Crippen LogP contribution < -0.4 is 10.2 Å². The molecule has 0 saturated heterocycles. The standard InChI is InChI=1S/C25H24N2O4/c1-17-13-15-19(16-14-17)26-23(28)18(2)31-25(30)22-12-8-7-11-21(22)24(29)27(3)20-9-5-4-6-10-20/h4-16,18H,1-3H3,(H,26,28)/t18-/m0/s1. The van der Waals surface area contributed by atoms with Crippen LogP contribution in [0.4, 0.5) is 11.4 Å². The van der Waals surface area contributed by atoms with Gasteiger partial charge in [-0.3, -0.25) is 9.59 Å². The zero-order valence-electron chi connectivity index (χ0n) is 17.7. The number of hydrogen-bond acceptors (Lipinski definition) is 4. The van der Waals surface area contributed by atoms with Gasteiger partial charge in [-0.15, -0.1) is 0 Å². The normalized spacial score (nSPS) is 11.3. The van der Waals surface area contributed by atoms with Crippen molar-refractivity contribution in [2.75, 3.05) is 17.3 Å². The van der Waals surface area contributed by atoms with Crippen LogP contribution in [0.25, 0.3) is 0 Å². The van der Waals surface area contributed by atoms with Gasteiger partial charge < -0.3 is 15.0 Å². The van der Waals surface area contributed by atoms with Crippen molar-refractivity contribution in [3.05, 3.63) is 95.6 Å². The van der Waals surface area contributed by atoms with Crippen molar-refractivity contribution < 1.29 is 19.1 Å². The maximum absolute atomic E-state index is 13.0. The van der Waals surface area contributed by atoms with Crippen LogP contribution in [0.5, 0.6) is 0 Å². The SMILES string of the molecule is Cc1ccc(NC(=O)[C@H](C)OC(=O)c2ccccc2C(=O)N(C)c2ccccc2)cc1. The Morgan fingerprint density at radius 3 is 2.06 bits per heavy atom. The third-order valence-corrected chi connectivity index (χ3v) is 4.80. The van der Waals surface area contributed by atoms with Gasteiger partial charge in [0.25, 0.3) is 11.8 Å². The van der Waals surface area contributed by atoms with E-state index in [0.29, 0.717) is 11.4 Å². The van der Waals surface area contributed by atoms with Crippen LogP contribution in [0.2, 0.25) is 0 Å². The van der Waals surface area contributed by atoms with Gasteiger partial charge in [0.2, 0.25) is 0 Å². The topological polar surface area (TPSA) is 75.7 Å². The van der Waals surface area contributed by atoms with E-state index in [4.69, 9.17) is 4.74 Å². The van der Waals surface area contributed by atoms with Crippen LogP contribution in [-0.4, -0.2) is 30.9 Å². The molecule has 3 aromatic rings. The highest BCUT2D eigenvalue weighted by atomic mass is 16.5. The van der Waals surface area contributed by atoms with Crippen molar-refractivity contribution in [3.8, 4) is 0 Å². The summed E-state index contributed by atoms with van der Waals surface area (Å²) in [5.41, 5.74) is 2.68. The number of nitrogens with one attached hydrogen (secondary N) is 1. The summed E-state index contributed by atoms with van der Waals surface area (Å²) in [5, 5.41) is 2.71. The predicted octanol–water partition coefficient (Wildman–Crippen LogP) is 4.46. The van der Waals surface area contributed by atoms with E-state index in [1.165, 1.54) is 17.9 Å². The Bertz CT molecular complexity index is 1080. The van der Waals surface area contributed by atoms with Crippen LogP contribution in [-0.2, 0) is 9.53 Å². The first-order valence-electron chi connectivity index (χ1n) is 9.87. The second kappa shape index (κ2) is 9.71. The minimum absolute atomic E-state index is 0.102. The Morgan fingerprint density at radius 1 is 0.839 bits per heavy atom. The summed E-state index contributed by atoms with van der Waals surface area (Å²) in [7, 11) is 1.64. The number of carbonyl (C=O) groups excluding carboxylic acids is 3. The fourth-order valence-electron chi connectivity index (χ4n) is 2.96. The average molecular weight is 416 g/mol. The molecular formula is C25H24N2O4. The molecule has 6 heteroatoms. The molecule has 3 rings (SSSR count). The highest BCUT2D eigenvalue weighted by Gasteiger charge is 2.24. The molecule has 2 amide bonds. The number of amides is 2. The molecule has 0 heterocycles. The molecule has 1 atom stereocenters. The maximum Gasteiger partial charge on any atom is 0.339 e. The fraction of sp³-hybridized carbons (Fsp3) is 0.160. The van der Waals surface area contributed by atoms with Gasteiger partial charge in [0.05, 0.1) is 11.1 Å². The number of para-hydroxylation sites is 1. The highest BCUT2D eigenvalue weighted by molar-refractivity contribution is 6.12. The van der Waals surface area contributed by atoms with Crippen LogP contribution in [0.3, 0.4) is 0 Å². The van der Waals surface area contributed by atoms with Gasteiger partial charge in [0, 0.05) is 18.4 Å². The van der Waals surface area contributed by atoms with Crippen molar-refractivity contribution in [3.63, 3.8) is 0 Å². The first-order chi connectivity index (χ1) is 14.9. The molecule has 158 valence electrons. The van der Waals surface area contributed by atoms with E-state index in [1.54, 1.807) is 49.5 Å².